The third-order valence-electron chi connectivity index (χ3n) is 6.07. The normalized spacial score (nSPS) is 14.2. The van der Waals surface area contributed by atoms with Gasteiger partial charge in [-0.15, -0.1) is 0 Å². The van der Waals surface area contributed by atoms with Gasteiger partial charge in [0.15, 0.2) is 11.5 Å². The highest BCUT2D eigenvalue weighted by molar-refractivity contribution is 6.32. The summed E-state index contributed by atoms with van der Waals surface area (Å²) in [6.07, 6.45) is 8.58. The van der Waals surface area contributed by atoms with Gasteiger partial charge in [-0.3, -0.25) is 0 Å². The molecule has 11 heteroatoms. The van der Waals surface area contributed by atoms with E-state index in [0.29, 0.717) is 33.9 Å². The number of rotatable bonds is 7. The Morgan fingerprint density at radius 3 is 2.67 bits per heavy atom. The molecule has 0 amide bonds. The number of hydrogen-bond acceptors (Lipinski definition) is 9. The van der Waals surface area contributed by atoms with Gasteiger partial charge in [0.2, 0.25) is 5.95 Å². The zero-order valence-corrected chi connectivity index (χ0v) is 20.9. The smallest absolute Gasteiger partial charge is 0.229 e. The molecule has 1 aliphatic rings. The SMILES string of the molecule is CC(C)Cn1cnc2ncc(Nc3ncc(Cl)c(NC4CCN(c5ccc(C#N)cn5)CC4)n3)cc21. The number of piperidine rings is 1. The Hall–Kier alpha value is -3.97. The van der Waals surface area contributed by atoms with Gasteiger partial charge < -0.3 is 20.1 Å². The Labute approximate surface area is 214 Å². The number of imidazole rings is 1. The molecule has 1 fully saturated rings. The van der Waals surface area contributed by atoms with E-state index in [1.54, 1.807) is 24.7 Å². The third kappa shape index (κ3) is 5.31. The standard InChI is InChI=1S/C25H27ClN10/c1-16(2)14-36-15-31-24-21(36)9-19(12-29-24)33-25-30-13-20(26)23(34-25)32-18-5-7-35(8-6-18)22-4-3-17(10-27)11-28-22/h3-4,9,11-13,15-16,18H,5-8,14H2,1-2H3,(H2,30,32,33,34). The predicted molar refractivity (Wildman–Crippen MR) is 141 cm³/mol. The van der Waals surface area contributed by atoms with Crippen molar-refractivity contribution in [3.63, 3.8) is 0 Å². The molecule has 0 aliphatic carbocycles. The van der Waals surface area contributed by atoms with E-state index in [-0.39, 0.29) is 6.04 Å². The molecule has 4 aromatic rings. The van der Waals surface area contributed by atoms with E-state index in [4.69, 9.17) is 16.9 Å². The van der Waals surface area contributed by atoms with Gasteiger partial charge in [0.1, 0.15) is 16.9 Å². The fourth-order valence-electron chi connectivity index (χ4n) is 4.29. The highest BCUT2D eigenvalue weighted by atomic mass is 35.5. The maximum Gasteiger partial charge on any atom is 0.229 e. The number of nitrogens with zero attached hydrogens (tertiary/aromatic N) is 8. The van der Waals surface area contributed by atoms with Gasteiger partial charge in [0.25, 0.3) is 0 Å². The summed E-state index contributed by atoms with van der Waals surface area (Å²) in [5.74, 6) is 2.43. The Bertz CT molecular complexity index is 1380. The second kappa shape index (κ2) is 10.3. The Kier molecular flexibility index (Phi) is 6.82. The van der Waals surface area contributed by atoms with Crippen molar-refractivity contribution < 1.29 is 0 Å². The van der Waals surface area contributed by atoms with Crippen molar-refractivity contribution in [1.82, 2.24) is 29.5 Å². The molecular weight excluding hydrogens is 476 g/mol. The summed E-state index contributed by atoms with van der Waals surface area (Å²) in [5, 5.41) is 16.2. The first-order valence-corrected chi connectivity index (χ1v) is 12.3. The zero-order chi connectivity index (χ0) is 25.1. The van der Waals surface area contributed by atoms with Gasteiger partial charge in [-0.2, -0.15) is 10.2 Å². The van der Waals surface area contributed by atoms with Gasteiger partial charge in [-0.1, -0.05) is 25.4 Å². The lowest BCUT2D eigenvalue weighted by Gasteiger charge is -2.33. The first-order valence-electron chi connectivity index (χ1n) is 12.0. The number of nitrogens with one attached hydrogen (secondary N) is 2. The number of pyridine rings is 2. The molecule has 1 saturated heterocycles. The highest BCUT2D eigenvalue weighted by Crippen LogP contribution is 2.26. The molecule has 0 radical (unpaired) electrons. The van der Waals surface area contributed by atoms with E-state index in [1.165, 1.54) is 0 Å². The van der Waals surface area contributed by atoms with Crippen LogP contribution in [-0.2, 0) is 6.54 Å². The van der Waals surface area contributed by atoms with E-state index in [1.807, 2.05) is 18.5 Å². The van der Waals surface area contributed by atoms with Crippen LogP contribution >= 0.6 is 11.6 Å². The van der Waals surface area contributed by atoms with E-state index >= 15 is 0 Å². The topological polar surface area (TPSA) is 120 Å². The van der Waals surface area contributed by atoms with Crippen LogP contribution in [0.25, 0.3) is 11.2 Å². The average molecular weight is 503 g/mol. The predicted octanol–water partition coefficient (Wildman–Crippen LogP) is 4.62. The lowest BCUT2D eigenvalue weighted by atomic mass is 10.0. The molecule has 0 spiro atoms. The number of anilines is 4. The van der Waals surface area contributed by atoms with Crippen LogP contribution in [0.2, 0.25) is 5.02 Å². The van der Waals surface area contributed by atoms with Crippen molar-refractivity contribution >= 4 is 46.0 Å². The fraction of sp³-hybridized carbons (Fsp3) is 0.360. The van der Waals surface area contributed by atoms with Gasteiger partial charge in [-0.25, -0.2) is 19.9 Å². The van der Waals surface area contributed by atoms with Crippen LogP contribution < -0.4 is 15.5 Å². The number of aromatic nitrogens is 6. The first-order chi connectivity index (χ1) is 17.5. The molecule has 4 aromatic heterocycles. The lowest BCUT2D eigenvalue weighted by Crippen LogP contribution is -2.39. The van der Waals surface area contributed by atoms with Gasteiger partial charge in [0.05, 0.1) is 35.5 Å². The second-order valence-corrected chi connectivity index (χ2v) is 9.70. The molecule has 0 atom stereocenters. The molecule has 2 N–H and O–H groups in total. The second-order valence-electron chi connectivity index (χ2n) is 9.30. The van der Waals surface area contributed by atoms with Gasteiger partial charge in [-0.05, 0) is 37.0 Å². The number of hydrogen-bond donors (Lipinski definition) is 2. The quantitative estimate of drug-likeness (QED) is 0.372. The molecule has 0 unspecified atom stereocenters. The van der Waals surface area contributed by atoms with Crippen molar-refractivity contribution in [2.24, 2.45) is 5.92 Å². The summed E-state index contributed by atoms with van der Waals surface area (Å²) >= 11 is 6.42. The van der Waals surface area contributed by atoms with Crippen molar-refractivity contribution in [1.29, 1.82) is 5.26 Å². The Balaban J connectivity index is 1.24. The van der Waals surface area contributed by atoms with Crippen LogP contribution in [0.1, 0.15) is 32.3 Å². The molecule has 0 aromatic carbocycles. The van der Waals surface area contributed by atoms with E-state index in [0.717, 1.165) is 49.5 Å². The maximum atomic E-state index is 8.97. The van der Waals surface area contributed by atoms with Crippen molar-refractivity contribution in [3.05, 3.63) is 53.7 Å². The van der Waals surface area contributed by atoms with Gasteiger partial charge in [0, 0.05) is 31.9 Å². The van der Waals surface area contributed by atoms with Crippen LogP contribution in [0, 0.1) is 17.2 Å². The Morgan fingerprint density at radius 2 is 1.94 bits per heavy atom. The molecule has 5 rings (SSSR count). The minimum atomic E-state index is 0.225. The van der Waals surface area contributed by atoms with Crippen molar-refractivity contribution in [2.75, 3.05) is 28.6 Å². The average Bonchev–Trinajstić information content (AvgIpc) is 3.28. The summed E-state index contributed by atoms with van der Waals surface area (Å²) in [5.41, 5.74) is 3.02. The molecule has 1 aliphatic heterocycles. The number of nitriles is 1. The third-order valence-corrected chi connectivity index (χ3v) is 6.35. The number of halogens is 1. The van der Waals surface area contributed by atoms with E-state index in [9.17, 15) is 0 Å². The molecule has 184 valence electrons. The Morgan fingerprint density at radius 1 is 1.11 bits per heavy atom. The highest BCUT2D eigenvalue weighted by Gasteiger charge is 2.21. The van der Waals surface area contributed by atoms with Gasteiger partial charge >= 0.3 is 0 Å². The molecular formula is C25H27ClN10. The van der Waals surface area contributed by atoms with Crippen LogP contribution in [0.3, 0.4) is 0 Å². The zero-order valence-electron chi connectivity index (χ0n) is 20.2. The van der Waals surface area contributed by atoms with Crippen LogP contribution in [0.15, 0.2) is 43.1 Å². The number of fused-ring (bicyclic) bond motifs is 1. The van der Waals surface area contributed by atoms with Crippen molar-refractivity contribution in [3.8, 4) is 6.07 Å². The summed E-state index contributed by atoms with van der Waals surface area (Å²) in [4.78, 5) is 24.5. The molecule has 36 heavy (non-hydrogen) atoms. The molecule has 0 saturated carbocycles. The fourth-order valence-corrected chi connectivity index (χ4v) is 4.44. The largest absolute Gasteiger partial charge is 0.366 e. The van der Waals surface area contributed by atoms with Crippen LogP contribution in [0.4, 0.5) is 23.3 Å². The monoisotopic (exact) mass is 502 g/mol. The lowest BCUT2D eigenvalue weighted by molar-refractivity contribution is 0.522. The summed E-state index contributed by atoms with van der Waals surface area (Å²) < 4.78 is 2.10. The van der Waals surface area contributed by atoms with Crippen LogP contribution in [0.5, 0.6) is 0 Å². The molecule has 5 heterocycles. The van der Waals surface area contributed by atoms with E-state index < -0.39 is 0 Å². The first kappa shape index (κ1) is 23.8. The molecule has 0 bridgehead atoms. The molecule has 10 nitrogen and oxygen atoms in total. The summed E-state index contributed by atoms with van der Waals surface area (Å²) in [6.45, 7) is 6.91. The van der Waals surface area contributed by atoms with Crippen molar-refractivity contribution in [2.45, 2.75) is 39.3 Å². The minimum absolute atomic E-state index is 0.225. The summed E-state index contributed by atoms with van der Waals surface area (Å²) in [7, 11) is 0. The maximum absolute atomic E-state index is 8.97. The minimum Gasteiger partial charge on any atom is -0.366 e. The van der Waals surface area contributed by atoms with E-state index in [2.05, 4.69) is 64.9 Å². The summed E-state index contributed by atoms with van der Waals surface area (Å²) in [6, 6.07) is 8.03. The van der Waals surface area contributed by atoms with Crippen LogP contribution in [-0.4, -0.2) is 48.6 Å².